The molecule has 0 aromatic heterocycles. The number of hydrogen-bond donors (Lipinski definition) is 1. The van der Waals surface area contributed by atoms with E-state index in [4.69, 9.17) is 22.1 Å². The lowest BCUT2D eigenvalue weighted by Crippen LogP contribution is -2.41. The molecule has 2 aromatic carbocycles. The quantitative estimate of drug-likeness (QED) is 0.894. The monoisotopic (exact) mass is 372 g/mol. The number of nitrogens with two attached hydrogens (primary N) is 1. The Kier molecular flexibility index (Phi) is 5.47. The lowest BCUT2D eigenvalue weighted by Gasteiger charge is -2.30. The van der Waals surface area contributed by atoms with Crippen LogP contribution < -0.4 is 10.5 Å². The molecule has 5 nitrogen and oxygen atoms in total. The van der Waals surface area contributed by atoms with Crippen LogP contribution in [-0.2, 0) is 4.79 Å². The Morgan fingerprint density at radius 3 is 2.35 bits per heavy atom. The van der Waals surface area contributed by atoms with E-state index in [-0.39, 0.29) is 17.7 Å². The van der Waals surface area contributed by atoms with Gasteiger partial charge in [-0.3, -0.25) is 9.59 Å². The van der Waals surface area contributed by atoms with Gasteiger partial charge in [0.1, 0.15) is 5.75 Å². The summed E-state index contributed by atoms with van der Waals surface area (Å²) in [5.74, 6) is 0.285. The minimum absolute atomic E-state index is 0.0301. The zero-order valence-electron chi connectivity index (χ0n) is 14.6. The highest BCUT2D eigenvalue weighted by molar-refractivity contribution is 6.31. The van der Waals surface area contributed by atoms with Crippen molar-refractivity contribution < 1.29 is 14.3 Å². The molecular formula is C20H21ClN2O3. The van der Waals surface area contributed by atoms with Crippen LogP contribution in [0.15, 0.2) is 42.5 Å². The minimum Gasteiger partial charge on any atom is -0.496 e. The molecule has 0 aliphatic carbocycles. The fourth-order valence-electron chi connectivity index (χ4n) is 3.25. The lowest BCUT2D eigenvalue weighted by molar-refractivity contribution is -0.123. The van der Waals surface area contributed by atoms with Crippen LogP contribution in [0.25, 0.3) is 11.1 Å². The van der Waals surface area contributed by atoms with Gasteiger partial charge in [0.15, 0.2) is 0 Å². The first-order valence-electron chi connectivity index (χ1n) is 8.52. The molecule has 26 heavy (non-hydrogen) atoms. The third-order valence-electron chi connectivity index (χ3n) is 4.79. The molecule has 0 radical (unpaired) electrons. The summed E-state index contributed by atoms with van der Waals surface area (Å²) < 4.78 is 5.39. The molecule has 1 fully saturated rings. The van der Waals surface area contributed by atoms with E-state index in [0.29, 0.717) is 36.5 Å². The number of piperidine rings is 1. The first-order valence-corrected chi connectivity index (χ1v) is 8.90. The first kappa shape index (κ1) is 18.3. The average molecular weight is 373 g/mol. The molecule has 6 heteroatoms. The molecular weight excluding hydrogens is 352 g/mol. The summed E-state index contributed by atoms with van der Waals surface area (Å²) in [6.07, 6.45) is 1.25. The highest BCUT2D eigenvalue weighted by atomic mass is 35.5. The lowest BCUT2D eigenvalue weighted by atomic mass is 9.95. The summed E-state index contributed by atoms with van der Waals surface area (Å²) in [5.41, 5.74) is 7.76. The predicted octanol–water partition coefficient (Wildman–Crippen LogP) is 3.35. The SMILES string of the molecule is COc1ccc(Cl)cc1-c1ccc(C(=O)N2CCC(C(N)=O)CC2)cc1. The molecule has 0 atom stereocenters. The fourth-order valence-corrected chi connectivity index (χ4v) is 3.42. The first-order chi connectivity index (χ1) is 12.5. The van der Waals surface area contributed by atoms with Crippen molar-refractivity contribution in [3.63, 3.8) is 0 Å². The van der Waals surface area contributed by atoms with E-state index >= 15 is 0 Å². The van der Waals surface area contributed by atoms with Gasteiger partial charge in [-0.25, -0.2) is 0 Å². The van der Waals surface area contributed by atoms with Gasteiger partial charge in [0.2, 0.25) is 5.91 Å². The Bertz CT molecular complexity index is 812. The van der Waals surface area contributed by atoms with E-state index < -0.39 is 0 Å². The zero-order valence-corrected chi connectivity index (χ0v) is 15.3. The Hall–Kier alpha value is -2.53. The van der Waals surface area contributed by atoms with Gasteiger partial charge in [0.25, 0.3) is 5.91 Å². The third-order valence-corrected chi connectivity index (χ3v) is 5.02. The molecule has 1 heterocycles. The molecule has 136 valence electrons. The van der Waals surface area contributed by atoms with Crippen LogP contribution in [0.4, 0.5) is 0 Å². The van der Waals surface area contributed by atoms with Gasteiger partial charge in [-0.15, -0.1) is 0 Å². The molecule has 0 saturated carbocycles. The van der Waals surface area contributed by atoms with Crippen LogP contribution in [0, 0.1) is 5.92 Å². The van der Waals surface area contributed by atoms with Crippen molar-refractivity contribution in [3.8, 4) is 16.9 Å². The van der Waals surface area contributed by atoms with Crippen molar-refractivity contribution in [3.05, 3.63) is 53.1 Å². The molecule has 1 saturated heterocycles. The number of amides is 2. The number of carbonyl (C=O) groups is 2. The second-order valence-electron chi connectivity index (χ2n) is 6.39. The standard InChI is InChI=1S/C20H21ClN2O3/c1-26-18-7-6-16(21)12-17(18)13-2-4-15(5-3-13)20(25)23-10-8-14(9-11-23)19(22)24/h2-7,12,14H,8-11H2,1H3,(H2,22,24). The van der Waals surface area contributed by atoms with Crippen molar-refractivity contribution >= 4 is 23.4 Å². The normalized spacial score (nSPS) is 14.9. The average Bonchev–Trinajstić information content (AvgIpc) is 2.67. The number of nitrogens with zero attached hydrogens (tertiary/aromatic N) is 1. The number of ether oxygens (including phenoxy) is 1. The van der Waals surface area contributed by atoms with Gasteiger partial charge in [-0.1, -0.05) is 23.7 Å². The minimum atomic E-state index is -0.281. The summed E-state index contributed by atoms with van der Waals surface area (Å²) in [6, 6.07) is 12.8. The number of carbonyl (C=O) groups excluding carboxylic acids is 2. The molecule has 3 rings (SSSR count). The van der Waals surface area contributed by atoms with Crippen LogP contribution >= 0.6 is 11.6 Å². The number of methoxy groups -OCH3 is 1. The fraction of sp³-hybridized carbons (Fsp3) is 0.300. The van der Waals surface area contributed by atoms with Crippen LogP contribution in [-0.4, -0.2) is 36.9 Å². The number of hydrogen-bond acceptors (Lipinski definition) is 3. The van der Waals surface area contributed by atoms with Crippen LogP contribution in [0.2, 0.25) is 5.02 Å². The Morgan fingerprint density at radius 1 is 1.12 bits per heavy atom. The Labute approximate surface area is 157 Å². The van der Waals surface area contributed by atoms with Gasteiger partial charge in [0.05, 0.1) is 7.11 Å². The van der Waals surface area contributed by atoms with E-state index in [0.717, 1.165) is 16.9 Å². The Morgan fingerprint density at radius 2 is 1.77 bits per heavy atom. The number of primary amides is 1. The van der Waals surface area contributed by atoms with E-state index in [9.17, 15) is 9.59 Å². The van der Waals surface area contributed by atoms with Crippen molar-refractivity contribution in [2.24, 2.45) is 11.7 Å². The maximum Gasteiger partial charge on any atom is 0.253 e. The zero-order chi connectivity index (χ0) is 18.7. The number of rotatable bonds is 4. The van der Waals surface area contributed by atoms with E-state index in [1.165, 1.54) is 0 Å². The van der Waals surface area contributed by atoms with Gasteiger partial charge in [0, 0.05) is 35.2 Å². The summed E-state index contributed by atoms with van der Waals surface area (Å²) in [5, 5.41) is 0.623. The molecule has 0 spiro atoms. The van der Waals surface area contributed by atoms with Crippen molar-refractivity contribution in [2.45, 2.75) is 12.8 Å². The number of halogens is 1. The molecule has 2 N–H and O–H groups in total. The van der Waals surface area contributed by atoms with Gasteiger partial charge >= 0.3 is 0 Å². The van der Waals surface area contributed by atoms with Crippen molar-refractivity contribution in [1.29, 1.82) is 0 Å². The summed E-state index contributed by atoms with van der Waals surface area (Å²) in [6.45, 7) is 1.10. The van der Waals surface area contributed by atoms with Gasteiger partial charge < -0.3 is 15.4 Å². The van der Waals surface area contributed by atoms with E-state index in [1.807, 2.05) is 24.3 Å². The van der Waals surface area contributed by atoms with E-state index in [1.54, 1.807) is 30.2 Å². The van der Waals surface area contributed by atoms with Crippen LogP contribution in [0.5, 0.6) is 5.75 Å². The number of benzene rings is 2. The molecule has 0 bridgehead atoms. The number of likely N-dealkylation sites (tertiary alicyclic amines) is 1. The second kappa shape index (κ2) is 7.79. The predicted molar refractivity (Wildman–Crippen MR) is 101 cm³/mol. The maximum atomic E-state index is 12.7. The van der Waals surface area contributed by atoms with Crippen LogP contribution in [0.3, 0.4) is 0 Å². The molecule has 2 amide bonds. The topological polar surface area (TPSA) is 72.6 Å². The summed E-state index contributed by atoms with van der Waals surface area (Å²) >= 11 is 6.09. The largest absolute Gasteiger partial charge is 0.496 e. The molecule has 1 aliphatic rings. The van der Waals surface area contributed by atoms with E-state index in [2.05, 4.69) is 0 Å². The van der Waals surface area contributed by atoms with Crippen LogP contribution in [0.1, 0.15) is 23.2 Å². The van der Waals surface area contributed by atoms with Crippen molar-refractivity contribution in [2.75, 3.05) is 20.2 Å². The van der Waals surface area contributed by atoms with Gasteiger partial charge in [-0.05, 0) is 48.7 Å². The summed E-state index contributed by atoms with van der Waals surface area (Å²) in [4.78, 5) is 25.7. The van der Waals surface area contributed by atoms with Crippen molar-refractivity contribution in [1.82, 2.24) is 4.90 Å². The molecule has 2 aromatic rings. The maximum absolute atomic E-state index is 12.7. The highest BCUT2D eigenvalue weighted by Gasteiger charge is 2.26. The molecule has 0 unspecified atom stereocenters. The highest BCUT2D eigenvalue weighted by Crippen LogP contribution is 2.32. The third kappa shape index (κ3) is 3.83. The Balaban J connectivity index is 1.75. The molecule has 1 aliphatic heterocycles. The smallest absolute Gasteiger partial charge is 0.253 e. The van der Waals surface area contributed by atoms with Gasteiger partial charge in [-0.2, -0.15) is 0 Å². The second-order valence-corrected chi connectivity index (χ2v) is 6.83. The summed E-state index contributed by atoms with van der Waals surface area (Å²) in [7, 11) is 1.61.